The Morgan fingerprint density at radius 2 is 1.73 bits per heavy atom. The molecular formula is C18H14FN3O3S. The van der Waals surface area contributed by atoms with Gasteiger partial charge in [0, 0.05) is 29.8 Å². The van der Waals surface area contributed by atoms with Crippen LogP contribution in [-0.4, -0.2) is 24.2 Å². The normalized spacial score (nSPS) is 11.0. The highest BCUT2D eigenvalue weighted by molar-refractivity contribution is 7.22. The third-order valence-electron chi connectivity index (χ3n) is 3.89. The highest BCUT2D eigenvalue weighted by Gasteiger charge is 2.14. The number of methoxy groups -OCH3 is 2. The molecule has 0 aliphatic rings. The second-order valence-electron chi connectivity index (χ2n) is 5.44. The minimum Gasteiger partial charge on any atom is -0.493 e. The quantitative estimate of drug-likeness (QED) is 0.574. The molecule has 0 spiro atoms. The molecule has 0 saturated carbocycles. The van der Waals surface area contributed by atoms with Crippen LogP contribution in [0.25, 0.3) is 21.1 Å². The molecule has 2 N–H and O–H groups in total. The van der Waals surface area contributed by atoms with Crippen molar-refractivity contribution in [1.82, 2.24) is 9.97 Å². The molecule has 8 heteroatoms. The van der Waals surface area contributed by atoms with Gasteiger partial charge >= 0.3 is 0 Å². The molecular weight excluding hydrogens is 357 g/mol. The van der Waals surface area contributed by atoms with E-state index in [0.29, 0.717) is 38.8 Å². The highest BCUT2D eigenvalue weighted by atomic mass is 32.1. The van der Waals surface area contributed by atoms with E-state index in [1.807, 2.05) is 0 Å². The van der Waals surface area contributed by atoms with E-state index in [0.717, 1.165) is 4.70 Å². The molecule has 4 aromatic rings. The minimum absolute atomic E-state index is 0.0865. The van der Waals surface area contributed by atoms with Gasteiger partial charge in [-0.3, -0.25) is 4.98 Å². The molecule has 2 heterocycles. The van der Waals surface area contributed by atoms with Gasteiger partial charge in [0.25, 0.3) is 0 Å². The van der Waals surface area contributed by atoms with E-state index >= 15 is 0 Å². The lowest BCUT2D eigenvalue weighted by Crippen LogP contribution is -1.94. The van der Waals surface area contributed by atoms with E-state index in [1.165, 1.54) is 17.4 Å². The minimum atomic E-state index is -0.520. The van der Waals surface area contributed by atoms with Crippen LogP contribution in [0.4, 0.5) is 9.52 Å². The Kier molecular flexibility index (Phi) is 3.96. The van der Waals surface area contributed by atoms with E-state index < -0.39 is 5.82 Å². The third kappa shape index (κ3) is 2.74. The van der Waals surface area contributed by atoms with Gasteiger partial charge in [0.2, 0.25) is 0 Å². The van der Waals surface area contributed by atoms with Crippen LogP contribution in [0.5, 0.6) is 23.0 Å². The fourth-order valence-corrected chi connectivity index (χ4v) is 3.43. The Balaban J connectivity index is 1.83. The number of halogens is 1. The van der Waals surface area contributed by atoms with E-state index in [1.54, 1.807) is 44.7 Å². The van der Waals surface area contributed by atoms with Crippen LogP contribution in [0.2, 0.25) is 0 Å². The average molecular weight is 371 g/mol. The number of benzene rings is 2. The molecule has 132 valence electrons. The largest absolute Gasteiger partial charge is 0.493 e. The number of nitrogen functional groups attached to an aromatic ring is 1. The van der Waals surface area contributed by atoms with Crippen LogP contribution in [0.1, 0.15) is 0 Å². The molecule has 0 bridgehead atoms. The summed E-state index contributed by atoms with van der Waals surface area (Å²) in [6, 6.07) is 8.05. The van der Waals surface area contributed by atoms with E-state index in [2.05, 4.69) is 9.97 Å². The number of anilines is 1. The van der Waals surface area contributed by atoms with Crippen LogP contribution in [0.15, 0.2) is 36.5 Å². The molecule has 2 aromatic carbocycles. The van der Waals surface area contributed by atoms with Gasteiger partial charge in [0.05, 0.1) is 30.0 Å². The molecule has 4 rings (SSSR count). The van der Waals surface area contributed by atoms with Crippen molar-refractivity contribution in [2.45, 2.75) is 0 Å². The van der Waals surface area contributed by atoms with Crippen molar-refractivity contribution >= 4 is 37.6 Å². The first-order valence-corrected chi connectivity index (χ1v) is 8.45. The zero-order valence-corrected chi connectivity index (χ0v) is 14.8. The number of ether oxygens (including phenoxy) is 3. The molecule has 0 atom stereocenters. The zero-order valence-electron chi connectivity index (χ0n) is 13.9. The van der Waals surface area contributed by atoms with Crippen molar-refractivity contribution in [1.29, 1.82) is 0 Å². The predicted molar refractivity (Wildman–Crippen MR) is 98.9 cm³/mol. The van der Waals surface area contributed by atoms with Crippen molar-refractivity contribution in [2.75, 3.05) is 20.0 Å². The molecule has 6 nitrogen and oxygen atoms in total. The summed E-state index contributed by atoms with van der Waals surface area (Å²) >= 11 is 1.27. The first-order valence-electron chi connectivity index (χ1n) is 7.63. The topological polar surface area (TPSA) is 79.5 Å². The summed E-state index contributed by atoms with van der Waals surface area (Å²) in [5.74, 6) is 1.10. The number of pyridine rings is 1. The standard InChI is InChI=1S/C18H14FN3O3S/c1-23-15-5-9-11(7-16(15)24-2)21-4-3-13(9)25-14-8-17-12(6-10(14)19)22-18(20)26-17/h3-8H,1-2H3,(H2,20,22). The number of hydrogen-bond acceptors (Lipinski definition) is 7. The summed E-state index contributed by atoms with van der Waals surface area (Å²) < 4.78 is 31.6. The van der Waals surface area contributed by atoms with Crippen LogP contribution >= 0.6 is 11.3 Å². The maximum atomic E-state index is 14.4. The number of nitrogens with zero attached hydrogens (tertiary/aromatic N) is 2. The lowest BCUT2D eigenvalue weighted by molar-refractivity contribution is 0.355. The molecule has 0 unspecified atom stereocenters. The molecule has 0 radical (unpaired) electrons. The van der Waals surface area contributed by atoms with E-state index in [9.17, 15) is 4.39 Å². The summed E-state index contributed by atoms with van der Waals surface area (Å²) in [5.41, 5.74) is 6.83. The molecule has 26 heavy (non-hydrogen) atoms. The molecule has 0 fully saturated rings. The number of fused-ring (bicyclic) bond motifs is 2. The number of hydrogen-bond donors (Lipinski definition) is 1. The van der Waals surface area contributed by atoms with Gasteiger partial charge in [-0.05, 0) is 12.1 Å². The van der Waals surface area contributed by atoms with Gasteiger partial charge in [0.15, 0.2) is 28.2 Å². The van der Waals surface area contributed by atoms with Gasteiger partial charge in [-0.25, -0.2) is 9.37 Å². The second kappa shape index (κ2) is 6.30. The van der Waals surface area contributed by atoms with Crippen LogP contribution in [0.3, 0.4) is 0 Å². The van der Waals surface area contributed by atoms with Crippen molar-refractivity contribution in [3.05, 3.63) is 42.3 Å². The molecule has 0 saturated heterocycles. The van der Waals surface area contributed by atoms with Crippen LogP contribution in [0, 0.1) is 5.82 Å². The van der Waals surface area contributed by atoms with Gasteiger partial charge in [0.1, 0.15) is 5.75 Å². The Labute approximate surface area is 152 Å². The lowest BCUT2D eigenvalue weighted by Gasteiger charge is -2.12. The van der Waals surface area contributed by atoms with Crippen molar-refractivity contribution in [2.24, 2.45) is 0 Å². The fraction of sp³-hybridized carbons (Fsp3) is 0.111. The molecule has 0 amide bonds. The highest BCUT2D eigenvalue weighted by Crippen LogP contribution is 2.38. The smallest absolute Gasteiger partial charge is 0.181 e. The van der Waals surface area contributed by atoms with Gasteiger partial charge in [-0.2, -0.15) is 0 Å². The second-order valence-corrected chi connectivity index (χ2v) is 6.50. The Hall–Kier alpha value is -3.13. The van der Waals surface area contributed by atoms with Crippen molar-refractivity contribution in [3.8, 4) is 23.0 Å². The fourth-order valence-electron chi connectivity index (χ4n) is 2.68. The van der Waals surface area contributed by atoms with Crippen molar-refractivity contribution < 1.29 is 18.6 Å². The summed E-state index contributed by atoms with van der Waals surface area (Å²) in [5, 5.41) is 1.05. The number of aromatic nitrogens is 2. The van der Waals surface area contributed by atoms with Gasteiger partial charge in [-0.15, -0.1) is 0 Å². The van der Waals surface area contributed by atoms with E-state index in [-0.39, 0.29) is 5.75 Å². The SMILES string of the molecule is COc1cc2nccc(Oc3cc4sc(N)nc4cc3F)c2cc1OC. The maximum absolute atomic E-state index is 14.4. The average Bonchev–Trinajstić information content (AvgIpc) is 2.99. The van der Waals surface area contributed by atoms with Crippen LogP contribution < -0.4 is 19.9 Å². The summed E-state index contributed by atoms with van der Waals surface area (Å²) in [4.78, 5) is 8.38. The van der Waals surface area contributed by atoms with Gasteiger partial charge < -0.3 is 19.9 Å². The monoisotopic (exact) mass is 371 g/mol. The summed E-state index contributed by atoms with van der Waals surface area (Å²) in [6.45, 7) is 0. The predicted octanol–water partition coefficient (Wildman–Crippen LogP) is 4.38. The van der Waals surface area contributed by atoms with Crippen LogP contribution in [-0.2, 0) is 0 Å². The lowest BCUT2D eigenvalue weighted by atomic mass is 10.2. The van der Waals surface area contributed by atoms with E-state index in [4.69, 9.17) is 19.9 Å². The Morgan fingerprint density at radius 3 is 2.50 bits per heavy atom. The number of nitrogens with two attached hydrogens (primary N) is 1. The zero-order chi connectivity index (χ0) is 18.3. The number of rotatable bonds is 4. The number of thiazole rings is 1. The molecule has 0 aliphatic heterocycles. The maximum Gasteiger partial charge on any atom is 0.181 e. The third-order valence-corrected chi connectivity index (χ3v) is 4.73. The molecule has 0 aliphatic carbocycles. The molecule has 2 aromatic heterocycles. The van der Waals surface area contributed by atoms with Gasteiger partial charge in [-0.1, -0.05) is 11.3 Å². The Morgan fingerprint density at radius 1 is 0.962 bits per heavy atom. The first-order chi connectivity index (χ1) is 12.6. The Bertz CT molecular complexity index is 1130. The van der Waals surface area contributed by atoms with Crippen molar-refractivity contribution in [3.63, 3.8) is 0 Å². The summed E-state index contributed by atoms with van der Waals surface area (Å²) in [7, 11) is 3.10. The summed E-state index contributed by atoms with van der Waals surface area (Å²) in [6.07, 6.45) is 1.59. The first kappa shape index (κ1) is 16.3.